The summed E-state index contributed by atoms with van der Waals surface area (Å²) < 4.78 is 70.2. The second-order valence-corrected chi connectivity index (χ2v) is 9.85. The molecule has 2 rings (SSSR count). The number of benzene rings is 1. The first-order valence-electron chi connectivity index (χ1n) is 8.84. The van der Waals surface area contributed by atoms with Gasteiger partial charge in [-0.15, -0.1) is 0 Å². The minimum absolute atomic E-state index is 0.149. The molecule has 0 saturated heterocycles. The zero-order valence-corrected chi connectivity index (χ0v) is 17.7. The number of nitrogens with zero attached hydrogens (tertiary/aromatic N) is 2. The van der Waals surface area contributed by atoms with Gasteiger partial charge < -0.3 is 15.0 Å². The van der Waals surface area contributed by atoms with E-state index in [2.05, 4.69) is 10.3 Å². The molecule has 1 amide bonds. The van der Waals surface area contributed by atoms with Crippen LogP contribution in [0.2, 0.25) is 0 Å². The van der Waals surface area contributed by atoms with Crippen LogP contribution in [0, 0.1) is 0 Å². The fraction of sp³-hybridized carbons (Fsp3) is 0.368. The van der Waals surface area contributed by atoms with Crippen LogP contribution in [0.15, 0.2) is 53.7 Å². The van der Waals surface area contributed by atoms with Gasteiger partial charge in [-0.05, 0) is 44.2 Å². The Hall–Kier alpha value is -2.40. The number of rotatable bonds is 8. The summed E-state index contributed by atoms with van der Waals surface area (Å²) in [6, 6.07) is 4.74. The van der Waals surface area contributed by atoms with E-state index in [1.165, 1.54) is 31.5 Å². The van der Waals surface area contributed by atoms with E-state index in [9.17, 15) is 24.2 Å². The maximum absolute atomic E-state index is 13.0. The van der Waals surface area contributed by atoms with Crippen LogP contribution in [0.4, 0.5) is 25.1 Å². The normalized spacial score (nSPS) is 15.6. The number of carbonyl (C=O) groups is 1. The van der Waals surface area contributed by atoms with Gasteiger partial charge in [0.15, 0.2) is 0 Å². The van der Waals surface area contributed by atoms with Crippen LogP contribution in [0.3, 0.4) is 0 Å². The van der Waals surface area contributed by atoms with Crippen LogP contribution in [0.1, 0.15) is 25.5 Å². The van der Waals surface area contributed by atoms with Gasteiger partial charge in [0.05, 0.1) is 5.60 Å². The van der Waals surface area contributed by atoms with Crippen LogP contribution in [0.5, 0.6) is 0 Å². The Morgan fingerprint density at radius 1 is 1.17 bits per heavy atom. The van der Waals surface area contributed by atoms with Gasteiger partial charge >= 0.3 is 10.2 Å². The van der Waals surface area contributed by atoms with Crippen LogP contribution >= 0.6 is 10.2 Å². The molecule has 5 nitrogen and oxygen atoms in total. The molecule has 0 aliphatic carbocycles. The van der Waals surface area contributed by atoms with Gasteiger partial charge in [0.1, 0.15) is 10.9 Å². The highest BCUT2D eigenvalue weighted by Gasteiger charge is 2.65. The zero-order chi connectivity index (χ0) is 22.9. The standard InChI is InChI=1S/C19H24F5N3O2S/c1-19(2,29-4)13-26-18(28)17(14-6-5-11-25-12-14)27(3)15-7-9-16(10-8-15)30(20,21,22,23)24/h5-12,17H,13H2,1-4H3,(H,26,28). The van der Waals surface area contributed by atoms with Crippen molar-refractivity contribution in [2.75, 3.05) is 25.6 Å². The van der Waals surface area contributed by atoms with Gasteiger partial charge in [0.2, 0.25) is 5.91 Å². The number of amides is 1. The highest BCUT2D eigenvalue weighted by atomic mass is 32.5. The maximum Gasteiger partial charge on any atom is 0.310 e. The number of carbonyl (C=O) groups excluding carboxylic acids is 1. The third-order valence-corrected chi connectivity index (χ3v) is 5.73. The molecule has 30 heavy (non-hydrogen) atoms. The minimum atomic E-state index is -9.78. The van der Waals surface area contributed by atoms with Crippen molar-refractivity contribution in [3.8, 4) is 0 Å². The number of likely N-dealkylation sites (N-methyl/N-ethyl adjacent to an activating group) is 1. The lowest BCUT2D eigenvalue weighted by atomic mass is 10.0. The van der Waals surface area contributed by atoms with E-state index in [-0.39, 0.29) is 12.2 Å². The lowest BCUT2D eigenvalue weighted by Crippen LogP contribution is -2.45. The molecule has 1 unspecified atom stereocenters. The van der Waals surface area contributed by atoms with Gasteiger partial charge in [-0.25, -0.2) is 0 Å². The van der Waals surface area contributed by atoms with E-state index < -0.39 is 32.7 Å². The predicted molar refractivity (Wildman–Crippen MR) is 107 cm³/mol. The van der Waals surface area contributed by atoms with E-state index in [0.29, 0.717) is 17.7 Å². The van der Waals surface area contributed by atoms with E-state index in [0.717, 1.165) is 12.1 Å². The summed E-state index contributed by atoms with van der Waals surface area (Å²) in [7, 11) is -6.80. The largest absolute Gasteiger partial charge is 0.377 e. The summed E-state index contributed by atoms with van der Waals surface area (Å²) in [5.41, 5.74) is -0.0169. The summed E-state index contributed by atoms with van der Waals surface area (Å²) >= 11 is 0. The van der Waals surface area contributed by atoms with Gasteiger partial charge in [-0.1, -0.05) is 25.5 Å². The van der Waals surface area contributed by atoms with Crippen LogP contribution in [-0.2, 0) is 9.53 Å². The average molecular weight is 453 g/mol. The molecule has 2 aromatic rings. The summed E-state index contributed by atoms with van der Waals surface area (Å²) in [6.45, 7) is 3.72. The van der Waals surface area contributed by atoms with Crippen molar-refractivity contribution in [2.24, 2.45) is 0 Å². The topological polar surface area (TPSA) is 54.5 Å². The Morgan fingerprint density at radius 3 is 2.23 bits per heavy atom. The first-order valence-corrected chi connectivity index (χ1v) is 10.8. The number of hydrogen-bond acceptors (Lipinski definition) is 4. The smallest absolute Gasteiger partial charge is 0.310 e. The van der Waals surface area contributed by atoms with Crippen molar-refractivity contribution in [1.82, 2.24) is 10.3 Å². The third kappa shape index (κ3) is 6.05. The molecule has 0 aliphatic rings. The first kappa shape index (κ1) is 23.9. The van der Waals surface area contributed by atoms with Gasteiger partial charge in [-0.3, -0.25) is 9.78 Å². The molecular formula is C19H24F5N3O2S. The quantitative estimate of drug-likeness (QED) is 0.540. The van der Waals surface area contributed by atoms with Crippen molar-refractivity contribution in [2.45, 2.75) is 30.4 Å². The fourth-order valence-electron chi connectivity index (χ4n) is 2.64. The van der Waals surface area contributed by atoms with Crippen LogP contribution < -0.4 is 10.2 Å². The summed E-state index contributed by atoms with van der Waals surface area (Å²) in [4.78, 5) is 16.3. The third-order valence-electron chi connectivity index (χ3n) is 4.57. The Morgan fingerprint density at radius 2 is 1.77 bits per heavy atom. The predicted octanol–water partition coefficient (Wildman–Crippen LogP) is 5.46. The van der Waals surface area contributed by atoms with Gasteiger partial charge in [0, 0.05) is 44.3 Å². The SMILES string of the molecule is COC(C)(C)CNC(=O)C(c1cccnc1)N(C)c1ccc(S(F)(F)(F)(F)F)cc1. The number of halogens is 5. The summed E-state index contributed by atoms with van der Waals surface area (Å²) in [6.07, 6.45) is 2.96. The second-order valence-electron chi connectivity index (χ2n) is 7.44. The molecule has 0 fully saturated rings. The molecule has 0 spiro atoms. The molecule has 1 heterocycles. The van der Waals surface area contributed by atoms with Crippen LogP contribution in [-0.4, -0.2) is 37.2 Å². The van der Waals surface area contributed by atoms with Gasteiger partial charge in [-0.2, -0.15) is 0 Å². The molecule has 0 radical (unpaired) electrons. The lowest BCUT2D eigenvalue weighted by molar-refractivity contribution is -0.123. The molecular weight excluding hydrogens is 429 g/mol. The van der Waals surface area contributed by atoms with Crippen molar-refractivity contribution < 1.29 is 29.0 Å². The maximum atomic E-state index is 13.0. The number of anilines is 1. The average Bonchev–Trinajstić information content (AvgIpc) is 2.66. The molecule has 1 N–H and O–H groups in total. The Labute approximate surface area is 172 Å². The van der Waals surface area contributed by atoms with E-state index in [1.54, 1.807) is 26.0 Å². The molecule has 1 aromatic carbocycles. The number of nitrogens with one attached hydrogen (secondary N) is 1. The molecule has 1 atom stereocenters. The fourth-order valence-corrected chi connectivity index (χ4v) is 3.30. The summed E-state index contributed by atoms with van der Waals surface area (Å²) in [5.74, 6) is -0.451. The zero-order valence-electron chi connectivity index (χ0n) is 16.9. The molecule has 0 bridgehead atoms. The Bertz CT molecular complexity index is 891. The minimum Gasteiger partial charge on any atom is -0.377 e. The molecule has 1 aromatic heterocycles. The van der Waals surface area contributed by atoms with Crippen LogP contribution in [0.25, 0.3) is 0 Å². The van der Waals surface area contributed by atoms with Crippen molar-refractivity contribution in [1.29, 1.82) is 0 Å². The van der Waals surface area contributed by atoms with Crippen molar-refractivity contribution in [3.05, 3.63) is 54.4 Å². The molecule has 0 aliphatic heterocycles. The molecule has 168 valence electrons. The molecule has 11 heteroatoms. The van der Waals surface area contributed by atoms with Crippen molar-refractivity contribution in [3.63, 3.8) is 0 Å². The number of hydrogen-bond donors (Lipinski definition) is 1. The number of ether oxygens (including phenoxy) is 1. The molecule has 0 saturated carbocycles. The van der Waals surface area contributed by atoms with Gasteiger partial charge in [0.25, 0.3) is 0 Å². The monoisotopic (exact) mass is 453 g/mol. The highest BCUT2D eigenvalue weighted by Crippen LogP contribution is 3.02. The number of methoxy groups -OCH3 is 1. The lowest BCUT2D eigenvalue weighted by Gasteiger charge is -2.40. The Kier molecular flexibility index (Phi) is 5.87. The first-order chi connectivity index (χ1) is 13.5. The number of pyridine rings is 1. The van der Waals surface area contributed by atoms with E-state index in [4.69, 9.17) is 4.74 Å². The van der Waals surface area contributed by atoms with E-state index >= 15 is 0 Å². The second kappa shape index (κ2) is 7.38. The summed E-state index contributed by atoms with van der Waals surface area (Å²) in [5, 5.41) is 2.74. The van der Waals surface area contributed by atoms with E-state index in [1.807, 2.05) is 0 Å². The van der Waals surface area contributed by atoms with Crippen molar-refractivity contribution >= 4 is 21.8 Å². The Balaban J connectivity index is 2.36. The number of aromatic nitrogens is 1. The highest BCUT2D eigenvalue weighted by molar-refractivity contribution is 8.45.